The van der Waals surface area contributed by atoms with Gasteiger partial charge in [-0.25, -0.2) is 0 Å². The highest BCUT2D eigenvalue weighted by molar-refractivity contribution is 6.10. The van der Waals surface area contributed by atoms with Crippen LogP contribution in [0.5, 0.6) is 0 Å². The molecule has 1 aromatic rings. The first-order valence-electron chi connectivity index (χ1n) is 7.01. The third-order valence-corrected chi connectivity index (χ3v) is 4.08. The maximum atomic E-state index is 12.3. The number of benzene rings is 1. The van der Waals surface area contributed by atoms with E-state index in [0.717, 1.165) is 12.1 Å². The number of Topliss-reactive ketones (excluding diaryl/α,β-unsaturated/α-hetero) is 1. The molecule has 0 radical (unpaired) electrons. The van der Waals surface area contributed by atoms with Crippen LogP contribution < -0.4 is 0 Å². The molecule has 0 aromatic heterocycles. The van der Waals surface area contributed by atoms with Crippen molar-refractivity contribution in [2.45, 2.75) is 19.9 Å². The zero-order valence-electron chi connectivity index (χ0n) is 12.2. The molecule has 3 nitrogen and oxygen atoms in total. The van der Waals surface area contributed by atoms with Gasteiger partial charge in [0.05, 0.1) is 5.92 Å². The Bertz CT molecular complexity index is 521. The van der Waals surface area contributed by atoms with Gasteiger partial charge >= 0.3 is 0 Å². The van der Waals surface area contributed by atoms with Crippen LogP contribution in [0.4, 0.5) is 0 Å². The van der Waals surface area contributed by atoms with Gasteiger partial charge in [-0.1, -0.05) is 43.3 Å². The zero-order valence-corrected chi connectivity index (χ0v) is 12.2. The first-order valence-corrected chi connectivity index (χ1v) is 7.01. The van der Waals surface area contributed by atoms with Crippen molar-refractivity contribution in [1.29, 1.82) is 0 Å². The third kappa shape index (κ3) is 3.05. The van der Waals surface area contributed by atoms with Crippen LogP contribution in [0.15, 0.2) is 36.4 Å². The molecule has 0 spiro atoms. The Labute approximate surface area is 120 Å². The smallest absolute Gasteiger partial charge is 0.167 e. The number of allylic oxidation sites excluding steroid dienone is 1. The summed E-state index contributed by atoms with van der Waals surface area (Å²) in [6.45, 7) is 4.57. The SMILES string of the molecule is CC1CN(C)C(C)C(C(=O)C=Cc2ccccc2)C1=O. The van der Waals surface area contributed by atoms with Gasteiger partial charge in [-0.05, 0) is 25.6 Å². The van der Waals surface area contributed by atoms with E-state index in [0.29, 0.717) is 0 Å². The molecular formula is C17H21NO2. The lowest BCUT2D eigenvalue weighted by Gasteiger charge is -2.37. The maximum Gasteiger partial charge on any atom is 0.167 e. The Kier molecular flexibility index (Phi) is 4.50. The van der Waals surface area contributed by atoms with Crippen LogP contribution in [0.2, 0.25) is 0 Å². The lowest BCUT2D eigenvalue weighted by molar-refractivity contribution is -0.139. The molecule has 1 saturated heterocycles. The lowest BCUT2D eigenvalue weighted by Crippen LogP contribution is -2.52. The van der Waals surface area contributed by atoms with E-state index in [4.69, 9.17) is 0 Å². The normalized spacial score (nSPS) is 27.9. The number of nitrogens with zero attached hydrogens (tertiary/aromatic N) is 1. The Hall–Kier alpha value is -1.74. The van der Waals surface area contributed by atoms with E-state index in [1.165, 1.54) is 0 Å². The minimum atomic E-state index is -0.538. The van der Waals surface area contributed by atoms with Gasteiger partial charge in [0.1, 0.15) is 5.78 Å². The molecule has 20 heavy (non-hydrogen) atoms. The summed E-state index contributed by atoms with van der Waals surface area (Å²) in [6.07, 6.45) is 3.32. The van der Waals surface area contributed by atoms with Crippen LogP contribution in [-0.4, -0.2) is 36.1 Å². The highest BCUT2D eigenvalue weighted by Gasteiger charge is 2.40. The summed E-state index contributed by atoms with van der Waals surface area (Å²) >= 11 is 0. The molecule has 0 bridgehead atoms. The van der Waals surface area contributed by atoms with E-state index >= 15 is 0 Å². The van der Waals surface area contributed by atoms with Gasteiger partial charge in [0, 0.05) is 18.5 Å². The number of ketones is 2. The van der Waals surface area contributed by atoms with Crippen molar-refractivity contribution >= 4 is 17.6 Å². The molecule has 0 saturated carbocycles. The molecule has 3 unspecified atom stereocenters. The summed E-state index contributed by atoms with van der Waals surface area (Å²) in [7, 11) is 1.97. The van der Waals surface area contributed by atoms with Crippen molar-refractivity contribution in [1.82, 2.24) is 4.90 Å². The number of likely N-dealkylation sites (tertiary alicyclic amines) is 1. The molecule has 3 atom stereocenters. The first kappa shape index (κ1) is 14.7. The quantitative estimate of drug-likeness (QED) is 0.626. The van der Waals surface area contributed by atoms with Gasteiger partial charge in [-0.15, -0.1) is 0 Å². The molecule has 0 amide bonds. The molecule has 1 aromatic carbocycles. The average Bonchev–Trinajstić information content (AvgIpc) is 2.44. The molecular weight excluding hydrogens is 250 g/mol. The highest BCUT2D eigenvalue weighted by atomic mass is 16.2. The van der Waals surface area contributed by atoms with E-state index in [1.807, 2.05) is 51.2 Å². The molecule has 0 N–H and O–H groups in total. The average molecular weight is 271 g/mol. The first-order chi connectivity index (χ1) is 9.50. The second-order valence-corrected chi connectivity index (χ2v) is 5.61. The largest absolute Gasteiger partial charge is 0.302 e. The highest BCUT2D eigenvalue weighted by Crippen LogP contribution is 2.24. The third-order valence-electron chi connectivity index (χ3n) is 4.08. The predicted octanol–water partition coefficient (Wildman–Crippen LogP) is 2.42. The summed E-state index contributed by atoms with van der Waals surface area (Å²) in [5.41, 5.74) is 0.971. The molecule has 1 heterocycles. The van der Waals surface area contributed by atoms with Crippen LogP contribution >= 0.6 is 0 Å². The van der Waals surface area contributed by atoms with Gasteiger partial charge in [-0.3, -0.25) is 9.59 Å². The summed E-state index contributed by atoms with van der Waals surface area (Å²) < 4.78 is 0. The Balaban J connectivity index is 2.15. The van der Waals surface area contributed by atoms with E-state index in [2.05, 4.69) is 4.90 Å². The van der Waals surface area contributed by atoms with Gasteiger partial charge in [-0.2, -0.15) is 0 Å². The molecule has 1 aliphatic rings. The van der Waals surface area contributed by atoms with E-state index in [1.54, 1.807) is 12.2 Å². The topological polar surface area (TPSA) is 37.4 Å². The minimum absolute atomic E-state index is 0.0355. The Morgan fingerprint density at radius 2 is 1.90 bits per heavy atom. The second kappa shape index (κ2) is 6.14. The van der Waals surface area contributed by atoms with Gasteiger partial charge in [0.25, 0.3) is 0 Å². The number of hydrogen-bond acceptors (Lipinski definition) is 3. The van der Waals surface area contributed by atoms with Crippen molar-refractivity contribution < 1.29 is 9.59 Å². The van der Waals surface area contributed by atoms with Crippen molar-refractivity contribution in [3.05, 3.63) is 42.0 Å². The van der Waals surface area contributed by atoms with Crippen LogP contribution in [0, 0.1) is 11.8 Å². The van der Waals surface area contributed by atoms with Crippen molar-refractivity contribution in [2.75, 3.05) is 13.6 Å². The second-order valence-electron chi connectivity index (χ2n) is 5.61. The fraction of sp³-hybridized carbons (Fsp3) is 0.412. The standard InChI is InChI=1S/C17H21NO2/c1-12-11-18(3)13(2)16(17(12)20)15(19)10-9-14-7-5-4-6-8-14/h4-10,12-13,16H,11H2,1-3H3. The molecule has 1 aliphatic heterocycles. The van der Waals surface area contributed by atoms with Crippen LogP contribution in [0.3, 0.4) is 0 Å². The van der Waals surface area contributed by atoms with E-state index < -0.39 is 5.92 Å². The summed E-state index contributed by atoms with van der Waals surface area (Å²) in [4.78, 5) is 26.7. The fourth-order valence-electron chi connectivity index (χ4n) is 2.71. The zero-order chi connectivity index (χ0) is 14.7. The number of piperidine rings is 1. The van der Waals surface area contributed by atoms with Crippen LogP contribution in [-0.2, 0) is 9.59 Å². The molecule has 2 rings (SSSR count). The molecule has 1 fully saturated rings. The van der Waals surface area contributed by atoms with Gasteiger partial charge < -0.3 is 4.90 Å². The number of carbonyl (C=O) groups is 2. The Morgan fingerprint density at radius 3 is 2.55 bits per heavy atom. The van der Waals surface area contributed by atoms with E-state index in [9.17, 15) is 9.59 Å². The number of rotatable bonds is 3. The maximum absolute atomic E-state index is 12.3. The fourth-order valence-corrected chi connectivity index (χ4v) is 2.71. The molecule has 0 aliphatic carbocycles. The van der Waals surface area contributed by atoms with Gasteiger partial charge in [0.2, 0.25) is 0 Å². The summed E-state index contributed by atoms with van der Waals surface area (Å²) in [6, 6.07) is 9.62. The van der Waals surface area contributed by atoms with Gasteiger partial charge in [0.15, 0.2) is 5.78 Å². The molecule has 3 heteroatoms. The van der Waals surface area contributed by atoms with Crippen LogP contribution in [0.25, 0.3) is 6.08 Å². The van der Waals surface area contributed by atoms with Crippen molar-refractivity contribution in [3.63, 3.8) is 0 Å². The van der Waals surface area contributed by atoms with Crippen LogP contribution in [0.1, 0.15) is 19.4 Å². The number of hydrogen-bond donors (Lipinski definition) is 0. The van der Waals surface area contributed by atoms with Crippen molar-refractivity contribution in [2.24, 2.45) is 11.8 Å². The molecule has 106 valence electrons. The Morgan fingerprint density at radius 1 is 1.25 bits per heavy atom. The minimum Gasteiger partial charge on any atom is -0.302 e. The monoisotopic (exact) mass is 271 g/mol. The summed E-state index contributed by atoms with van der Waals surface area (Å²) in [5, 5.41) is 0. The lowest BCUT2D eigenvalue weighted by atomic mass is 9.80. The predicted molar refractivity (Wildman–Crippen MR) is 80.2 cm³/mol. The number of carbonyl (C=O) groups excluding carboxylic acids is 2. The van der Waals surface area contributed by atoms with Crippen molar-refractivity contribution in [3.8, 4) is 0 Å². The van der Waals surface area contributed by atoms with E-state index in [-0.39, 0.29) is 23.5 Å². The summed E-state index contributed by atoms with van der Waals surface area (Å²) in [5.74, 6) is -0.637.